The normalized spacial score (nSPS) is 21.2. The number of aryl methyl sites for hydroxylation is 1. The van der Waals surface area contributed by atoms with Crippen LogP contribution in [0.1, 0.15) is 66.9 Å². The van der Waals surface area contributed by atoms with E-state index >= 15 is 0 Å². The van der Waals surface area contributed by atoms with E-state index < -0.39 is 0 Å². The molecule has 0 bridgehead atoms. The van der Waals surface area contributed by atoms with Gasteiger partial charge in [-0.2, -0.15) is 0 Å². The van der Waals surface area contributed by atoms with Gasteiger partial charge in [0.25, 0.3) is 0 Å². The fourth-order valence-electron chi connectivity index (χ4n) is 2.69. The molecule has 2 fully saturated rings. The number of nitrogens with one attached hydrogen (secondary N) is 1. The first-order valence-electron chi connectivity index (χ1n) is 7.08. The summed E-state index contributed by atoms with van der Waals surface area (Å²) in [4.78, 5) is 6.39. The molecule has 2 aliphatic carbocycles. The third kappa shape index (κ3) is 2.71. The van der Waals surface area contributed by atoms with Gasteiger partial charge in [0.15, 0.2) is 0 Å². The minimum atomic E-state index is 0.778. The Labute approximate surface area is 108 Å². The summed E-state index contributed by atoms with van der Waals surface area (Å²) in [5.41, 5.74) is 1.35. The SMILES string of the molecule is CCc1nc(C2CCCC2)sc1CNC1CC1. The molecule has 1 N–H and O–H groups in total. The first-order chi connectivity index (χ1) is 8.36. The van der Waals surface area contributed by atoms with Crippen LogP contribution in [0.25, 0.3) is 0 Å². The number of rotatable bonds is 5. The van der Waals surface area contributed by atoms with Gasteiger partial charge in [-0.3, -0.25) is 0 Å². The second-order valence-corrected chi connectivity index (χ2v) is 6.53. The van der Waals surface area contributed by atoms with Crippen molar-refractivity contribution in [2.24, 2.45) is 0 Å². The predicted octanol–water partition coefficient (Wildman–Crippen LogP) is 3.62. The third-order valence-electron chi connectivity index (χ3n) is 3.96. The molecular formula is C14H22N2S. The van der Waals surface area contributed by atoms with E-state index in [1.54, 1.807) is 0 Å². The van der Waals surface area contributed by atoms with Crippen molar-refractivity contribution in [1.82, 2.24) is 10.3 Å². The van der Waals surface area contributed by atoms with Crippen molar-refractivity contribution in [3.63, 3.8) is 0 Å². The number of nitrogens with zero attached hydrogens (tertiary/aromatic N) is 1. The molecule has 3 heteroatoms. The van der Waals surface area contributed by atoms with Gasteiger partial charge >= 0.3 is 0 Å². The molecule has 0 aromatic carbocycles. The van der Waals surface area contributed by atoms with Crippen LogP contribution < -0.4 is 5.32 Å². The summed E-state index contributed by atoms with van der Waals surface area (Å²) in [6, 6.07) is 0.803. The lowest BCUT2D eigenvalue weighted by molar-refractivity contribution is 0.687. The maximum Gasteiger partial charge on any atom is 0.0962 e. The molecule has 0 radical (unpaired) electrons. The van der Waals surface area contributed by atoms with Crippen LogP contribution in [0.5, 0.6) is 0 Å². The minimum Gasteiger partial charge on any atom is -0.309 e. The molecule has 1 heterocycles. The van der Waals surface area contributed by atoms with Gasteiger partial charge < -0.3 is 5.32 Å². The Balaban J connectivity index is 1.71. The smallest absolute Gasteiger partial charge is 0.0962 e. The Morgan fingerprint density at radius 3 is 2.65 bits per heavy atom. The Morgan fingerprint density at radius 1 is 1.24 bits per heavy atom. The molecule has 94 valence electrons. The zero-order valence-corrected chi connectivity index (χ0v) is 11.5. The fraction of sp³-hybridized carbons (Fsp3) is 0.786. The second-order valence-electron chi connectivity index (χ2n) is 5.41. The molecule has 2 saturated carbocycles. The number of hydrogen-bond acceptors (Lipinski definition) is 3. The largest absolute Gasteiger partial charge is 0.309 e. The van der Waals surface area contributed by atoms with Gasteiger partial charge in [0.2, 0.25) is 0 Å². The van der Waals surface area contributed by atoms with E-state index in [1.165, 1.54) is 54.1 Å². The van der Waals surface area contributed by atoms with Crippen LogP contribution in [0.2, 0.25) is 0 Å². The first kappa shape index (κ1) is 11.7. The van der Waals surface area contributed by atoms with E-state index in [0.29, 0.717) is 0 Å². The molecule has 1 aromatic rings. The quantitative estimate of drug-likeness (QED) is 0.863. The standard InChI is InChI=1S/C14H22N2S/c1-2-12-13(9-15-11-7-8-11)17-14(16-12)10-5-3-4-6-10/h10-11,15H,2-9H2,1H3. The highest BCUT2D eigenvalue weighted by Gasteiger charge is 2.24. The highest BCUT2D eigenvalue weighted by molar-refractivity contribution is 7.11. The van der Waals surface area contributed by atoms with Crippen LogP contribution in [0, 0.1) is 0 Å². The molecular weight excluding hydrogens is 228 g/mol. The molecule has 0 unspecified atom stereocenters. The van der Waals surface area contributed by atoms with Crippen molar-refractivity contribution in [3.05, 3.63) is 15.6 Å². The number of hydrogen-bond donors (Lipinski definition) is 1. The van der Waals surface area contributed by atoms with Crippen molar-refractivity contribution in [2.45, 2.75) is 70.4 Å². The zero-order valence-electron chi connectivity index (χ0n) is 10.7. The molecule has 0 saturated heterocycles. The summed E-state index contributed by atoms with van der Waals surface area (Å²) in [6.45, 7) is 3.28. The van der Waals surface area contributed by atoms with Crippen molar-refractivity contribution in [3.8, 4) is 0 Å². The van der Waals surface area contributed by atoms with E-state index in [1.807, 2.05) is 11.3 Å². The van der Waals surface area contributed by atoms with Crippen molar-refractivity contribution >= 4 is 11.3 Å². The van der Waals surface area contributed by atoms with Gasteiger partial charge in [0.05, 0.1) is 10.7 Å². The van der Waals surface area contributed by atoms with Crippen molar-refractivity contribution < 1.29 is 0 Å². The monoisotopic (exact) mass is 250 g/mol. The van der Waals surface area contributed by atoms with Gasteiger partial charge in [0.1, 0.15) is 0 Å². The van der Waals surface area contributed by atoms with E-state index in [0.717, 1.165) is 24.9 Å². The Morgan fingerprint density at radius 2 is 2.00 bits per heavy atom. The second kappa shape index (κ2) is 5.07. The lowest BCUT2D eigenvalue weighted by atomic mass is 10.1. The van der Waals surface area contributed by atoms with E-state index in [4.69, 9.17) is 4.98 Å². The lowest BCUT2D eigenvalue weighted by Gasteiger charge is -2.02. The van der Waals surface area contributed by atoms with Gasteiger partial charge in [-0.1, -0.05) is 19.8 Å². The third-order valence-corrected chi connectivity index (χ3v) is 5.22. The maximum absolute atomic E-state index is 4.89. The molecule has 0 amide bonds. The van der Waals surface area contributed by atoms with Crippen molar-refractivity contribution in [1.29, 1.82) is 0 Å². The Hall–Kier alpha value is -0.410. The summed E-state index contributed by atoms with van der Waals surface area (Å²) in [5.74, 6) is 0.778. The Bertz CT molecular complexity index is 376. The molecule has 3 rings (SSSR count). The summed E-state index contributed by atoms with van der Waals surface area (Å²) in [7, 11) is 0. The summed E-state index contributed by atoms with van der Waals surface area (Å²) in [6.07, 6.45) is 9.37. The maximum atomic E-state index is 4.89. The average molecular weight is 250 g/mol. The molecule has 0 spiro atoms. The average Bonchev–Trinajstić information content (AvgIpc) is 2.88. The van der Waals surface area contributed by atoms with Gasteiger partial charge in [-0.15, -0.1) is 11.3 Å². The number of aromatic nitrogens is 1. The lowest BCUT2D eigenvalue weighted by Crippen LogP contribution is -2.15. The first-order valence-corrected chi connectivity index (χ1v) is 7.90. The molecule has 17 heavy (non-hydrogen) atoms. The Kier molecular flexibility index (Phi) is 3.48. The summed E-state index contributed by atoms with van der Waals surface area (Å²) >= 11 is 1.98. The van der Waals surface area contributed by atoms with Gasteiger partial charge in [0, 0.05) is 23.4 Å². The van der Waals surface area contributed by atoms with E-state index in [2.05, 4.69) is 12.2 Å². The van der Waals surface area contributed by atoms with Gasteiger partial charge in [-0.05, 0) is 32.1 Å². The van der Waals surface area contributed by atoms with E-state index in [9.17, 15) is 0 Å². The van der Waals surface area contributed by atoms with Crippen LogP contribution >= 0.6 is 11.3 Å². The highest BCUT2D eigenvalue weighted by Crippen LogP contribution is 2.37. The van der Waals surface area contributed by atoms with Crippen LogP contribution in [0.4, 0.5) is 0 Å². The molecule has 0 aliphatic heterocycles. The van der Waals surface area contributed by atoms with Crippen LogP contribution in [0.15, 0.2) is 0 Å². The highest BCUT2D eigenvalue weighted by atomic mass is 32.1. The minimum absolute atomic E-state index is 0.778. The van der Waals surface area contributed by atoms with Crippen LogP contribution in [-0.4, -0.2) is 11.0 Å². The topological polar surface area (TPSA) is 24.9 Å². The molecule has 0 atom stereocenters. The molecule has 1 aromatic heterocycles. The summed E-state index contributed by atoms with van der Waals surface area (Å²) in [5, 5.41) is 5.05. The summed E-state index contributed by atoms with van der Waals surface area (Å²) < 4.78 is 0. The zero-order chi connectivity index (χ0) is 11.7. The van der Waals surface area contributed by atoms with E-state index in [-0.39, 0.29) is 0 Å². The van der Waals surface area contributed by atoms with Crippen molar-refractivity contribution in [2.75, 3.05) is 0 Å². The van der Waals surface area contributed by atoms with Crippen LogP contribution in [-0.2, 0) is 13.0 Å². The predicted molar refractivity (Wildman–Crippen MR) is 72.6 cm³/mol. The van der Waals surface area contributed by atoms with Crippen LogP contribution in [0.3, 0.4) is 0 Å². The molecule has 2 aliphatic rings. The van der Waals surface area contributed by atoms with Gasteiger partial charge in [-0.25, -0.2) is 4.98 Å². The molecule has 2 nitrogen and oxygen atoms in total. The fourth-order valence-corrected chi connectivity index (χ4v) is 3.96. The number of thiazole rings is 1.